The Kier molecular flexibility index (Phi) is 47.6. The van der Waals surface area contributed by atoms with Crippen molar-refractivity contribution >= 4 is 11.9 Å². The number of unbranched alkanes of at least 4 members (excludes halogenated alkanes) is 31. The summed E-state index contributed by atoms with van der Waals surface area (Å²) in [7, 11) is 0. The van der Waals surface area contributed by atoms with Crippen LogP contribution < -0.4 is 5.32 Å². The quantitative estimate of drug-likeness (QED) is 0.0245. The van der Waals surface area contributed by atoms with Crippen LogP contribution in [0.15, 0.2) is 36.5 Å². The van der Waals surface area contributed by atoms with Gasteiger partial charge in [-0.25, -0.2) is 0 Å². The van der Waals surface area contributed by atoms with Gasteiger partial charge in [-0.05, 0) is 77.0 Å². The van der Waals surface area contributed by atoms with E-state index in [0.29, 0.717) is 19.3 Å². The van der Waals surface area contributed by atoms with E-state index in [-0.39, 0.29) is 24.9 Å². The van der Waals surface area contributed by atoms with E-state index in [4.69, 9.17) is 4.74 Å². The van der Waals surface area contributed by atoms with Gasteiger partial charge >= 0.3 is 5.97 Å². The molecular formula is C55H103NO5. The maximum absolute atomic E-state index is 13.2. The summed E-state index contributed by atoms with van der Waals surface area (Å²) < 4.78 is 5.91. The summed E-state index contributed by atoms with van der Waals surface area (Å²) in [6, 6.07) is -0.706. The third-order valence-corrected chi connectivity index (χ3v) is 12.2. The van der Waals surface area contributed by atoms with Crippen LogP contribution in [0.5, 0.6) is 0 Å². The molecule has 0 spiro atoms. The summed E-state index contributed by atoms with van der Waals surface area (Å²) in [5, 5.41) is 23.8. The van der Waals surface area contributed by atoms with Gasteiger partial charge in [-0.15, -0.1) is 0 Å². The van der Waals surface area contributed by atoms with E-state index < -0.39 is 18.2 Å². The zero-order valence-electron chi connectivity index (χ0n) is 40.8. The lowest BCUT2D eigenvalue weighted by Gasteiger charge is -2.24. The molecule has 0 aliphatic carbocycles. The van der Waals surface area contributed by atoms with Gasteiger partial charge in [0.1, 0.15) is 6.10 Å². The number of carbonyl (C=O) groups excluding carboxylic acids is 2. The van der Waals surface area contributed by atoms with Crippen LogP contribution in [0.25, 0.3) is 0 Å². The van der Waals surface area contributed by atoms with E-state index in [1.54, 1.807) is 0 Å². The number of ether oxygens (including phenoxy) is 1. The van der Waals surface area contributed by atoms with Gasteiger partial charge in [0.05, 0.1) is 25.2 Å². The maximum atomic E-state index is 13.2. The second kappa shape index (κ2) is 49.1. The lowest BCUT2D eigenvalue weighted by molar-refractivity contribution is -0.151. The van der Waals surface area contributed by atoms with Gasteiger partial charge in [0.25, 0.3) is 0 Å². The van der Waals surface area contributed by atoms with Crippen molar-refractivity contribution in [2.24, 2.45) is 0 Å². The minimum Gasteiger partial charge on any atom is -0.462 e. The van der Waals surface area contributed by atoms with Gasteiger partial charge in [-0.1, -0.05) is 224 Å². The molecule has 3 N–H and O–H groups in total. The summed E-state index contributed by atoms with van der Waals surface area (Å²) in [5.41, 5.74) is 0. The van der Waals surface area contributed by atoms with E-state index in [1.165, 1.54) is 161 Å². The largest absolute Gasteiger partial charge is 0.462 e. The smallest absolute Gasteiger partial charge is 0.306 e. The first kappa shape index (κ1) is 59.1. The number of hydrogen-bond donors (Lipinski definition) is 3. The summed E-state index contributed by atoms with van der Waals surface area (Å²) in [4.78, 5) is 26.1. The van der Waals surface area contributed by atoms with E-state index in [1.807, 2.05) is 0 Å². The molecule has 0 saturated carbocycles. The van der Waals surface area contributed by atoms with E-state index >= 15 is 0 Å². The molecule has 0 aromatic heterocycles. The minimum atomic E-state index is -0.792. The second-order valence-electron chi connectivity index (χ2n) is 18.3. The Hall–Kier alpha value is -1.92. The van der Waals surface area contributed by atoms with Crippen LogP contribution in [-0.4, -0.2) is 46.9 Å². The Labute approximate surface area is 379 Å². The molecule has 0 heterocycles. The molecule has 0 aliphatic heterocycles. The highest BCUT2D eigenvalue weighted by Crippen LogP contribution is 2.18. The van der Waals surface area contributed by atoms with Crippen molar-refractivity contribution in [3.05, 3.63) is 36.5 Å². The van der Waals surface area contributed by atoms with Gasteiger partial charge in [0.15, 0.2) is 0 Å². The van der Waals surface area contributed by atoms with Gasteiger partial charge < -0.3 is 20.3 Å². The fourth-order valence-electron chi connectivity index (χ4n) is 8.12. The Bertz CT molecular complexity index is 1010. The lowest BCUT2D eigenvalue weighted by atomic mass is 10.0. The Morgan fingerprint density at radius 2 is 0.836 bits per heavy atom. The average molecular weight is 858 g/mol. The first-order valence-corrected chi connectivity index (χ1v) is 26.7. The van der Waals surface area contributed by atoms with E-state index in [2.05, 4.69) is 62.5 Å². The molecule has 0 aliphatic rings. The molecule has 0 bridgehead atoms. The molecule has 1 amide bonds. The van der Waals surface area contributed by atoms with Gasteiger partial charge in [0.2, 0.25) is 5.91 Å². The molecule has 6 nitrogen and oxygen atoms in total. The van der Waals surface area contributed by atoms with Crippen LogP contribution in [0.1, 0.15) is 278 Å². The lowest BCUT2D eigenvalue weighted by Crippen LogP contribution is -2.46. The highest BCUT2D eigenvalue weighted by Gasteiger charge is 2.24. The standard InChI is InChI=1S/C55H103NO5/c1-4-7-10-13-16-19-22-24-26-27-29-30-32-35-38-41-44-47-53(58)52(50-57)56-54(59)49-51(46-43-40-37-34-21-18-15-12-9-6-3)61-55(60)48-45-42-39-36-33-31-28-25-23-20-17-14-11-8-5-2/h17-18,20-21,23,25,51-53,57-58H,4-16,19,22,24,26-50H2,1-3H3,(H,56,59)/b20-17+,21-18-,25-23+. The van der Waals surface area contributed by atoms with E-state index in [0.717, 1.165) is 70.6 Å². The number of amides is 1. The summed E-state index contributed by atoms with van der Waals surface area (Å²) in [6.07, 6.45) is 57.8. The van der Waals surface area contributed by atoms with Crippen LogP contribution >= 0.6 is 0 Å². The fourth-order valence-corrected chi connectivity index (χ4v) is 8.12. The zero-order chi connectivity index (χ0) is 44.5. The number of carbonyl (C=O) groups is 2. The highest BCUT2D eigenvalue weighted by atomic mass is 16.5. The molecule has 61 heavy (non-hydrogen) atoms. The fraction of sp³-hybridized carbons (Fsp3) is 0.855. The minimum absolute atomic E-state index is 0.0640. The molecule has 3 atom stereocenters. The molecular weight excluding hydrogens is 755 g/mol. The molecule has 0 aromatic carbocycles. The van der Waals surface area contributed by atoms with Crippen molar-refractivity contribution in [1.82, 2.24) is 5.32 Å². The third kappa shape index (κ3) is 44.5. The molecule has 0 radical (unpaired) electrons. The Morgan fingerprint density at radius 1 is 0.475 bits per heavy atom. The van der Waals surface area contributed by atoms with Gasteiger partial charge in [-0.2, -0.15) is 0 Å². The van der Waals surface area contributed by atoms with E-state index in [9.17, 15) is 19.8 Å². The van der Waals surface area contributed by atoms with Crippen molar-refractivity contribution in [2.75, 3.05) is 6.61 Å². The van der Waals surface area contributed by atoms with Crippen LogP contribution in [0.4, 0.5) is 0 Å². The third-order valence-electron chi connectivity index (χ3n) is 12.2. The number of aliphatic hydroxyl groups excluding tert-OH is 2. The highest BCUT2D eigenvalue weighted by molar-refractivity contribution is 5.77. The molecule has 6 heteroatoms. The first-order chi connectivity index (χ1) is 30.0. The molecule has 0 fully saturated rings. The van der Waals surface area contributed by atoms with Crippen LogP contribution in [0, 0.1) is 0 Å². The predicted molar refractivity (Wildman–Crippen MR) is 264 cm³/mol. The molecule has 0 saturated heterocycles. The Balaban J connectivity index is 4.46. The zero-order valence-corrected chi connectivity index (χ0v) is 40.8. The first-order valence-electron chi connectivity index (χ1n) is 26.7. The second-order valence-corrected chi connectivity index (χ2v) is 18.3. The van der Waals surface area contributed by atoms with Crippen LogP contribution in [0.3, 0.4) is 0 Å². The number of allylic oxidation sites excluding steroid dienone is 6. The monoisotopic (exact) mass is 858 g/mol. The predicted octanol–water partition coefficient (Wildman–Crippen LogP) is 16.1. The normalized spacial score (nSPS) is 13.5. The van der Waals surface area contributed by atoms with Crippen LogP contribution in [0.2, 0.25) is 0 Å². The van der Waals surface area contributed by atoms with Gasteiger partial charge in [0, 0.05) is 6.42 Å². The van der Waals surface area contributed by atoms with Crippen molar-refractivity contribution in [2.45, 2.75) is 296 Å². The SMILES string of the molecule is CCCCC/C=C\CCCCCC(CC(=O)NC(CO)C(O)CCCCCCCCCCCCCCCCCCC)OC(=O)CCCCCCCC/C=C/C=C/CCCCC. The van der Waals surface area contributed by atoms with Gasteiger partial charge in [-0.3, -0.25) is 9.59 Å². The molecule has 0 aromatic rings. The number of esters is 1. The number of hydrogen-bond acceptors (Lipinski definition) is 5. The van der Waals surface area contributed by atoms with Crippen molar-refractivity contribution < 1.29 is 24.5 Å². The average Bonchev–Trinajstić information content (AvgIpc) is 3.25. The maximum Gasteiger partial charge on any atom is 0.306 e. The summed E-state index contributed by atoms with van der Waals surface area (Å²) in [6.45, 7) is 6.44. The molecule has 358 valence electrons. The van der Waals surface area contributed by atoms with Crippen LogP contribution in [-0.2, 0) is 14.3 Å². The molecule has 3 unspecified atom stereocenters. The van der Waals surface area contributed by atoms with Crippen molar-refractivity contribution in [3.63, 3.8) is 0 Å². The Morgan fingerprint density at radius 3 is 1.31 bits per heavy atom. The number of nitrogens with one attached hydrogen (secondary N) is 1. The number of aliphatic hydroxyl groups is 2. The summed E-state index contributed by atoms with van der Waals surface area (Å²) >= 11 is 0. The topological polar surface area (TPSA) is 95.9 Å². The number of rotatable bonds is 48. The molecule has 0 rings (SSSR count). The van der Waals surface area contributed by atoms with Crippen molar-refractivity contribution in [3.8, 4) is 0 Å². The van der Waals surface area contributed by atoms with Crippen molar-refractivity contribution in [1.29, 1.82) is 0 Å². The summed E-state index contributed by atoms with van der Waals surface area (Å²) in [5.74, 6) is -0.496.